The highest BCUT2D eigenvalue weighted by Crippen LogP contribution is 2.30. The molecule has 0 saturated carbocycles. The molecule has 0 unspecified atom stereocenters. The van der Waals surface area contributed by atoms with E-state index in [0.717, 1.165) is 12.8 Å². The number of rotatable bonds is 8. The van der Waals surface area contributed by atoms with Crippen molar-refractivity contribution in [3.63, 3.8) is 0 Å². The Balaban J connectivity index is 3.26. The predicted molar refractivity (Wildman–Crippen MR) is 88.6 cm³/mol. The van der Waals surface area contributed by atoms with Gasteiger partial charge in [-0.3, -0.25) is 0 Å². The average Bonchev–Trinajstić information content (AvgIpc) is 2.42. The second-order valence-electron chi connectivity index (χ2n) is 4.75. The van der Waals surface area contributed by atoms with Crippen molar-refractivity contribution < 1.29 is 8.42 Å². The van der Waals surface area contributed by atoms with Gasteiger partial charge < -0.3 is 5.32 Å². The number of benzene rings is 1. The van der Waals surface area contributed by atoms with E-state index in [-0.39, 0.29) is 9.92 Å². The summed E-state index contributed by atoms with van der Waals surface area (Å²) in [6, 6.07) is 3.06. The van der Waals surface area contributed by atoms with Crippen LogP contribution in [0.15, 0.2) is 17.0 Å². The molecule has 0 saturated heterocycles. The molecule has 1 rings (SSSR count). The molecular formula is C14H22Cl2N2O2S. The number of nitrogens with one attached hydrogen (secondary N) is 1. The first-order valence-electron chi connectivity index (χ1n) is 7.01. The summed E-state index contributed by atoms with van der Waals surface area (Å²) in [6.45, 7) is 5.25. The lowest BCUT2D eigenvalue weighted by Gasteiger charge is -2.21. The fourth-order valence-corrected chi connectivity index (χ4v) is 4.34. The molecule has 0 heterocycles. The zero-order valence-electron chi connectivity index (χ0n) is 12.6. The Hall–Kier alpha value is -0.330. The standard InChI is InChI=1S/C14H22Cl2N2O2S/c1-4-6-7-18(5-2)21(19,20)14-8-11(10-17-3)12(15)9-13(14)16/h8-9,17H,4-7,10H2,1-3H3. The highest BCUT2D eigenvalue weighted by Gasteiger charge is 2.26. The SMILES string of the molecule is CCCCN(CC)S(=O)(=O)c1cc(CNC)c(Cl)cc1Cl. The van der Waals surface area contributed by atoms with E-state index in [1.807, 2.05) is 13.8 Å². The van der Waals surface area contributed by atoms with E-state index >= 15 is 0 Å². The molecule has 0 atom stereocenters. The molecule has 1 aromatic rings. The topological polar surface area (TPSA) is 49.4 Å². The van der Waals surface area contributed by atoms with Crippen LogP contribution in [0, 0.1) is 0 Å². The molecule has 0 radical (unpaired) electrons. The number of halogens is 2. The van der Waals surface area contributed by atoms with Crippen LogP contribution in [0.25, 0.3) is 0 Å². The van der Waals surface area contributed by atoms with Gasteiger partial charge in [-0.05, 0) is 31.2 Å². The summed E-state index contributed by atoms with van der Waals surface area (Å²) in [5, 5.41) is 3.59. The van der Waals surface area contributed by atoms with Crippen molar-refractivity contribution in [2.24, 2.45) is 0 Å². The van der Waals surface area contributed by atoms with Crippen LogP contribution in [0.1, 0.15) is 32.3 Å². The molecular weight excluding hydrogens is 331 g/mol. The Bertz CT molecular complexity index is 577. The summed E-state index contributed by atoms with van der Waals surface area (Å²) < 4.78 is 26.9. The summed E-state index contributed by atoms with van der Waals surface area (Å²) >= 11 is 12.2. The molecule has 0 aliphatic rings. The van der Waals surface area contributed by atoms with Crippen molar-refractivity contribution >= 4 is 33.2 Å². The third kappa shape index (κ3) is 4.57. The molecule has 0 bridgehead atoms. The Labute approximate surface area is 137 Å². The van der Waals surface area contributed by atoms with Crippen LogP contribution >= 0.6 is 23.2 Å². The third-order valence-corrected chi connectivity index (χ3v) is 5.99. The number of hydrogen-bond donors (Lipinski definition) is 1. The van der Waals surface area contributed by atoms with Gasteiger partial charge in [0.15, 0.2) is 0 Å². The van der Waals surface area contributed by atoms with Gasteiger partial charge in [-0.2, -0.15) is 4.31 Å². The van der Waals surface area contributed by atoms with Gasteiger partial charge in [0.05, 0.1) is 5.02 Å². The van der Waals surface area contributed by atoms with Crippen LogP contribution in [0.5, 0.6) is 0 Å². The first-order valence-corrected chi connectivity index (χ1v) is 9.20. The second kappa shape index (κ2) is 8.34. The van der Waals surface area contributed by atoms with Crippen molar-refractivity contribution in [1.82, 2.24) is 9.62 Å². The number of hydrogen-bond acceptors (Lipinski definition) is 3. The maximum absolute atomic E-state index is 12.7. The lowest BCUT2D eigenvalue weighted by atomic mass is 10.2. The maximum atomic E-state index is 12.7. The molecule has 0 spiro atoms. The molecule has 1 N–H and O–H groups in total. The molecule has 0 amide bonds. The molecule has 0 aliphatic heterocycles. The van der Waals surface area contributed by atoms with Gasteiger partial charge in [0.25, 0.3) is 0 Å². The average molecular weight is 353 g/mol. The number of nitrogens with zero attached hydrogens (tertiary/aromatic N) is 1. The van der Waals surface area contributed by atoms with Gasteiger partial charge in [-0.1, -0.05) is 43.5 Å². The van der Waals surface area contributed by atoms with Crippen molar-refractivity contribution in [2.75, 3.05) is 20.1 Å². The van der Waals surface area contributed by atoms with E-state index in [1.54, 1.807) is 13.1 Å². The monoisotopic (exact) mass is 352 g/mol. The van der Waals surface area contributed by atoms with Gasteiger partial charge in [-0.25, -0.2) is 8.42 Å². The van der Waals surface area contributed by atoms with E-state index in [9.17, 15) is 8.42 Å². The summed E-state index contributed by atoms with van der Waals surface area (Å²) in [6.07, 6.45) is 1.76. The zero-order valence-corrected chi connectivity index (χ0v) is 14.9. The van der Waals surface area contributed by atoms with E-state index in [2.05, 4.69) is 5.32 Å². The van der Waals surface area contributed by atoms with Crippen molar-refractivity contribution in [3.05, 3.63) is 27.7 Å². The van der Waals surface area contributed by atoms with Gasteiger partial charge >= 0.3 is 0 Å². The highest BCUT2D eigenvalue weighted by atomic mass is 35.5. The smallest absolute Gasteiger partial charge is 0.244 e. The molecule has 120 valence electrons. The van der Waals surface area contributed by atoms with Crippen LogP contribution in [0.3, 0.4) is 0 Å². The minimum absolute atomic E-state index is 0.122. The third-order valence-electron chi connectivity index (χ3n) is 3.20. The summed E-state index contributed by atoms with van der Waals surface area (Å²) in [7, 11) is -1.82. The maximum Gasteiger partial charge on any atom is 0.244 e. The van der Waals surface area contributed by atoms with Gasteiger partial charge in [-0.15, -0.1) is 0 Å². The molecule has 4 nitrogen and oxygen atoms in total. The quantitative estimate of drug-likeness (QED) is 0.778. The second-order valence-corrected chi connectivity index (χ2v) is 7.48. The normalized spacial score (nSPS) is 12.1. The lowest BCUT2D eigenvalue weighted by molar-refractivity contribution is 0.419. The Morgan fingerprint density at radius 1 is 1.19 bits per heavy atom. The summed E-state index contributed by atoms with van der Waals surface area (Å²) in [5.74, 6) is 0. The fourth-order valence-electron chi connectivity index (χ4n) is 2.02. The van der Waals surface area contributed by atoms with Crippen molar-refractivity contribution in [1.29, 1.82) is 0 Å². The fraction of sp³-hybridized carbons (Fsp3) is 0.571. The molecule has 1 aromatic carbocycles. The van der Waals surface area contributed by atoms with Gasteiger partial charge in [0.1, 0.15) is 4.90 Å². The van der Waals surface area contributed by atoms with Gasteiger partial charge in [0, 0.05) is 24.7 Å². The Morgan fingerprint density at radius 3 is 2.38 bits per heavy atom. The minimum Gasteiger partial charge on any atom is -0.316 e. The van der Waals surface area contributed by atoms with E-state index in [1.165, 1.54) is 10.4 Å². The van der Waals surface area contributed by atoms with E-state index < -0.39 is 10.0 Å². The molecule has 21 heavy (non-hydrogen) atoms. The van der Waals surface area contributed by atoms with Crippen LogP contribution in [-0.2, 0) is 16.6 Å². The predicted octanol–water partition coefficient (Wildman–Crippen LogP) is 3.52. The highest BCUT2D eigenvalue weighted by molar-refractivity contribution is 7.89. The van der Waals surface area contributed by atoms with E-state index in [4.69, 9.17) is 23.2 Å². The lowest BCUT2D eigenvalue weighted by Crippen LogP contribution is -2.32. The van der Waals surface area contributed by atoms with Crippen LogP contribution in [0.4, 0.5) is 0 Å². The Kier molecular flexibility index (Phi) is 7.44. The van der Waals surface area contributed by atoms with Gasteiger partial charge in [0.2, 0.25) is 10.0 Å². The molecule has 0 fully saturated rings. The van der Waals surface area contributed by atoms with Crippen molar-refractivity contribution in [3.8, 4) is 0 Å². The van der Waals surface area contributed by atoms with Crippen molar-refractivity contribution in [2.45, 2.75) is 38.1 Å². The largest absolute Gasteiger partial charge is 0.316 e. The zero-order chi connectivity index (χ0) is 16.0. The van der Waals surface area contributed by atoms with Crippen LogP contribution in [-0.4, -0.2) is 32.9 Å². The van der Waals surface area contributed by atoms with E-state index in [0.29, 0.717) is 30.2 Å². The van der Waals surface area contributed by atoms with Crippen LogP contribution in [0.2, 0.25) is 10.0 Å². The first kappa shape index (κ1) is 18.7. The molecule has 0 aromatic heterocycles. The number of sulfonamides is 1. The minimum atomic E-state index is -3.60. The molecule has 0 aliphatic carbocycles. The Morgan fingerprint density at radius 2 is 1.86 bits per heavy atom. The van der Waals surface area contributed by atoms with Crippen LogP contribution < -0.4 is 5.32 Å². The number of unbranched alkanes of at least 4 members (excludes halogenated alkanes) is 1. The molecule has 7 heteroatoms. The first-order chi connectivity index (χ1) is 9.88. The summed E-state index contributed by atoms with van der Waals surface area (Å²) in [4.78, 5) is 0.122. The summed E-state index contributed by atoms with van der Waals surface area (Å²) in [5.41, 5.74) is 0.716.